The van der Waals surface area contributed by atoms with Crippen LogP contribution in [0.3, 0.4) is 0 Å². The maximum Gasteiger partial charge on any atom is 0.314 e. The van der Waals surface area contributed by atoms with Gasteiger partial charge in [-0.2, -0.15) is 0 Å². The summed E-state index contributed by atoms with van der Waals surface area (Å²) >= 11 is 0. The first-order valence-electron chi connectivity index (χ1n) is 13.9. The summed E-state index contributed by atoms with van der Waals surface area (Å²) in [5.41, 5.74) is 0. The normalized spacial score (nSPS) is 11.5. The molecule has 0 heterocycles. The lowest BCUT2D eigenvalue weighted by Gasteiger charge is -2.19. The molecule has 0 aliphatic carbocycles. The van der Waals surface area contributed by atoms with E-state index in [0.29, 0.717) is 38.7 Å². The Morgan fingerprint density at radius 1 is 0.444 bits per heavy atom. The third-order valence-electron chi connectivity index (χ3n) is 6.62. The van der Waals surface area contributed by atoms with Crippen LogP contribution in [0.4, 0.5) is 0 Å². The van der Waals surface area contributed by atoms with Crippen molar-refractivity contribution < 1.29 is 57.2 Å². The first kappa shape index (κ1) is 32.4. The lowest BCUT2D eigenvalue weighted by Crippen LogP contribution is -2.17. The molecule has 0 saturated carbocycles. The summed E-state index contributed by atoms with van der Waals surface area (Å²) in [5.74, 6) is -4.88. The van der Waals surface area contributed by atoms with Gasteiger partial charge in [0.1, 0.15) is 0 Å². The van der Waals surface area contributed by atoms with Crippen molar-refractivity contribution in [3.8, 4) is 34.5 Å². The molecule has 0 spiro atoms. The second kappa shape index (κ2) is 13.0. The monoisotopic (exact) mass is 618 g/mol. The van der Waals surface area contributed by atoms with Crippen molar-refractivity contribution in [1.29, 1.82) is 0 Å². The summed E-state index contributed by atoms with van der Waals surface area (Å²) in [7, 11) is 0. The van der Waals surface area contributed by atoms with Gasteiger partial charge in [-0.15, -0.1) is 0 Å². The summed E-state index contributed by atoms with van der Waals surface area (Å²) in [6.45, 7) is 9.42. The molecule has 0 amide bonds. The van der Waals surface area contributed by atoms with Gasteiger partial charge in [-0.05, 0) is 75.1 Å². The van der Waals surface area contributed by atoms with E-state index in [0.717, 1.165) is 0 Å². The van der Waals surface area contributed by atoms with Crippen molar-refractivity contribution in [2.75, 3.05) is 0 Å². The smallest absolute Gasteiger partial charge is 0.314 e. The average molecular weight is 619 g/mol. The van der Waals surface area contributed by atoms with Crippen LogP contribution in [-0.4, -0.2) is 35.8 Å². The number of carbonyl (C=O) groups excluding carboxylic acids is 6. The summed E-state index contributed by atoms with van der Waals surface area (Å²) in [4.78, 5) is 72.8. The summed E-state index contributed by atoms with van der Waals surface area (Å²) in [6, 6.07) is 8.82. The fourth-order valence-electron chi connectivity index (χ4n) is 4.65. The molecule has 45 heavy (non-hydrogen) atoms. The van der Waals surface area contributed by atoms with Crippen molar-refractivity contribution in [1.82, 2.24) is 0 Å². The van der Waals surface area contributed by atoms with Crippen LogP contribution in [0.15, 0.2) is 36.4 Å². The highest BCUT2D eigenvalue weighted by molar-refractivity contribution is 6.27. The van der Waals surface area contributed by atoms with Gasteiger partial charge in [-0.3, -0.25) is 28.8 Å². The molecular weight excluding hydrogens is 588 g/mol. The third kappa shape index (κ3) is 7.18. The molecule has 4 rings (SSSR count). The zero-order chi connectivity index (χ0) is 33.2. The molecule has 4 aromatic carbocycles. The average Bonchev–Trinajstić information content (AvgIpc) is 2.93. The van der Waals surface area contributed by atoms with Gasteiger partial charge in [0.2, 0.25) is 0 Å². The maximum atomic E-state index is 12.8. The summed E-state index contributed by atoms with van der Waals surface area (Å²) < 4.78 is 32.6. The number of ether oxygens (including phenoxy) is 6. The molecule has 12 heteroatoms. The van der Waals surface area contributed by atoms with E-state index in [1.54, 1.807) is 6.92 Å². The molecule has 0 radical (unpaired) electrons. The zero-order valence-electron chi connectivity index (χ0n) is 25.6. The molecule has 0 bridgehead atoms. The SMILES string of the molecule is CCC(C)C(=O)Oc1cc2c3cc(OC(C)=O)c(OC(C)=O)cc3c3cc(OC(C)=O)c(OC(C)=O)cc3c2cc1OC(C)=O. The first-order chi connectivity index (χ1) is 21.2. The summed E-state index contributed by atoms with van der Waals surface area (Å²) in [5, 5.41) is 2.55. The largest absolute Gasteiger partial charge is 0.423 e. The molecule has 1 atom stereocenters. The van der Waals surface area contributed by atoms with Gasteiger partial charge in [-0.25, -0.2) is 0 Å². The van der Waals surface area contributed by atoms with Gasteiger partial charge in [0.25, 0.3) is 0 Å². The number of benzene rings is 4. The van der Waals surface area contributed by atoms with Gasteiger partial charge in [0.15, 0.2) is 34.5 Å². The second-order valence-electron chi connectivity index (χ2n) is 10.2. The Morgan fingerprint density at radius 2 is 0.644 bits per heavy atom. The summed E-state index contributed by atoms with van der Waals surface area (Å²) in [6.07, 6.45) is 0.497. The molecule has 234 valence electrons. The number of hydrogen-bond donors (Lipinski definition) is 0. The maximum absolute atomic E-state index is 12.8. The number of esters is 6. The van der Waals surface area contributed by atoms with Crippen molar-refractivity contribution in [2.24, 2.45) is 5.92 Å². The Balaban J connectivity index is 2.24. The van der Waals surface area contributed by atoms with Crippen molar-refractivity contribution in [3.63, 3.8) is 0 Å². The predicted molar refractivity (Wildman–Crippen MR) is 161 cm³/mol. The molecule has 0 aliphatic heterocycles. The zero-order valence-corrected chi connectivity index (χ0v) is 25.6. The van der Waals surface area contributed by atoms with E-state index in [1.807, 2.05) is 6.92 Å². The molecule has 0 aromatic heterocycles. The molecule has 0 aliphatic rings. The van der Waals surface area contributed by atoms with Crippen LogP contribution in [0.25, 0.3) is 32.3 Å². The van der Waals surface area contributed by atoms with Crippen LogP contribution in [0.2, 0.25) is 0 Å². The highest BCUT2D eigenvalue weighted by Gasteiger charge is 2.24. The Hall–Kier alpha value is -5.52. The van der Waals surface area contributed by atoms with Crippen LogP contribution in [-0.2, 0) is 28.8 Å². The van der Waals surface area contributed by atoms with Crippen LogP contribution in [0.5, 0.6) is 34.5 Å². The van der Waals surface area contributed by atoms with E-state index in [-0.39, 0.29) is 34.5 Å². The molecule has 0 N–H and O–H groups in total. The third-order valence-corrected chi connectivity index (χ3v) is 6.62. The quantitative estimate of drug-likeness (QED) is 0.134. The van der Waals surface area contributed by atoms with E-state index in [2.05, 4.69) is 0 Å². The van der Waals surface area contributed by atoms with E-state index in [1.165, 1.54) is 71.0 Å². The van der Waals surface area contributed by atoms with Gasteiger partial charge >= 0.3 is 35.8 Å². The van der Waals surface area contributed by atoms with Crippen LogP contribution in [0.1, 0.15) is 54.9 Å². The van der Waals surface area contributed by atoms with Gasteiger partial charge in [0, 0.05) is 34.6 Å². The number of rotatable bonds is 8. The number of hydrogen-bond acceptors (Lipinski definition) is 12. The number of carbonyl (C=O) groups is 6. The molecule has 0 fully saturated rings. The van der Waals surface area contributed by atoms with E-state index in [9.17, 15) is 28.8 Å². The first-order valence-corrected chi connectivity index (χ1v) is 13.9. The second-order valence-corrected chi connectivity index (χ2v) is 10.2. The van der Waals surface area contributed by atoms with Crippen LogP contribution < -0.4 is 28.4 Å². The van der Waals surface area contributed by atoms with Crippen LogP contribution >= 0.6 is 0 Å². The minimum Gasteiger partial charge on any atom is -0.423 e. The van der Waals surface area contributed by atoms with Crippen molar-refractivity contribution in [3.05, 3.63) is 36.4 Å². The molecule has 4 aromatic rings. The lowest BCUT2D eigenvalue weighted by atomic mass is 9.93. The molecule has 12 nitrogen and oxygen atoms in total. The predicted octanol–water partition coefficient (Wildman–Crippen LogP) is 5.72. The fraction of sp³-hybridized carbons (Fsp3) is 0.273. The highest BCUT2D eigenvalue weighted by Crippen LogP contribution is 2.47. The highest BCUT2D eigenvalue weighted by atomic mass is 16.6. The van der Waals surface area contributed by atoms with Crippen molar-refractivity contribution >= 4 is 68.1 Å². The lowest BCUT2D eigenvalue weighted by molar-refractivity contribution is -0.139. The molecule has 0 saturated heterocycles. The molecule has 1 unspecified atom stereocenters. The Morgan fingerprint density at radius 3 is 0.822 bits per heavy atom. The Bertz CT molecular complexity index is 1870. The minimum absolute atomic E-state index is 0.0570. The van der Waals surface area contributed by atoms with E-state index >= 15 is 0 Å². The minimum atomic E-state index is -0.685. The van der Waals surface area contributed by atoms with Gasteiger partial charge in [-0.1, -0.05) is 13.8 Å². The fourth-order valence-corrected chi connectivity index (χ4v) is 4.65. The Labute approximate surface area is 257 Å². The standard InChI is InChI=1S/C33H30O12/c1-8-15(2)33(39)45-32-14-26-24-12-30(43-19(6)37)28(41-17(4)35)10-22(24)21-9-27(40-16(3)34)29(42-18(5)36)11-23(21)25(26)13-31(32)44-20(7)38/h9-15H,8H2,1-7H3. The Kier molecular flexibility index (Phi) is 9.36. The topological polar surface area (TPSA) is 158 Å². The van der Waals surface area contributed by atoms with E-state index < -0.39 is 41.7 Å². The van der Waals surface area contributed by atoms with Crippen LogP contribution in [0, 0.1) is 5.92 Å². The van der Waals surface area contributed by atoms with Gasteiger partial charge < -0.3 is 28.4 Å². The van der Waals surface area contributed by atoms with E-state index in [4.69, 9.17) is 28.4 Å². The number of fused-ring (bicyclic) bond motifs is 6. The van der Waals surface area contributed by atoms with Gasteiger partial charge in [0.05, 0.1) is 5.92 Å². The van der Waals surface area contributed by atoms with Crippen molar-refractivity contribution in [2.45, 2.75) is 54.9 Å². The molecular formula is C33H30O12.